The van der Waals surface area contributed by atoms with Crippen LogP contribution in [0.1, 0.15) is 68.0 Å². The Balaban J connectivity index is 1.01. The van der Waals surface area contributed by atoms with Crippen LogP contribution in [-0.4, -0.2) is 60.3 Å². The smallest absolute Gasteiger partial charge is 0.262 e. The molecule has 9 nitrogen and oxygen atoms in total. The third-order valence-corrected chi connectivity index (χ3v) is 9.28. The molecule has 246 valence electrons. The van der Waals surface area contributed by atoms with Gasteiger partial charge in [-0.2, -0.15) is 0 Å². The van der Waals surface area contributed by atoms with Crippen molar-refractivity contribution in [2.45, 2.75) is 39.0 Å². The fourth-order valence-electron chi connectivity index (χ4n) is 6.44. The first-order chi connectivity index (χ1) is 23.2. The summed E-state index contributed by atoms with van der Waals surface area (Å²) in [5.74, 6) is -0.214. The van der Waals surface area contributed by atoms with Crippen LogP contribution in [0.25, 0.3) is 21.7 Å². The van der Waals surface area contributed by atoms with Gasteiger partial charge in [0.25, 0.3) is 17.7 Å². The van der Waals surface area contributed by atoms with Crippen LogP contribution in [0.3, 0.4) is 0 Å². The summed E-state index contributed by atoms with van der Waals surface area (Å²) in [7, 11) is 3.10. The number of hydrogen-bond donors (Lipinski definition) is 2. The Bertz CT molecular complexity index is 2050. The standard InChI is InChI=1S/C38H37ClN4O5/c1-23-30(31-21-26(48-3)15-18-33(31)43(23)36(45)24-11-13-25(39)14-12-24)22-34(44)41-20-7-5-4-6-19-40-32-17-16-29-35-27(32)9-8-10-28(35)37(46)42(2)38(29)47/h8-18,21,40H,4-7,19-20,22H2,1-3H3,(H,41,44). The number of halogens is 1. The number of fused-ring (bicyclic) bond motifs is 1. The lowest BCUT2D eigenvalue weighted by Crippen LogP contribution is -2.36. The number of aromatic nitrogens is 1. The van der Waals surface area contributed by atoms with E-state index in [4.69, 9.17) is 16.3 Å². The summed E-state index contributed by atoms with van der Waals surface area (Å²) in [5.41, 5.74) is 4.70. The number of hydrogen-bond acceptors (Lipinski definition) is 6. The number of carbonyl (C=O) groups excluding carboxylic acids is 4. The Hall–Kier alpha value is -5.15. The molecule has 0 spiro atoms. The molecule has 0 fully saturated rings. The van der Waals surface area contributed by atoms with Crippen molar-refractivity contribution in [1.82, 2.24) is 14.8 Å². The molecule has 4 aromatic carbocycles. The Labute approximate surface area is 283 Å². The van der Waals surface area contributed by atoms with Crippen LogP contribution in [0.5, 0.6) is 5.75 Å². The number of amides is 3. The molecule has 0 unspecified atom stereocenters. The molecule has 5 aromatic rings. The summed E-state index contributed by atoms with van der Waals surface area (Å²) in [4.78, 5) is 53.1. The zero-order valence-corrected chi connectivity index (χ0v) is 27.9. The third-order valence-electron chi connectivity index (χ3n) is 9.03. The van der Waals surface area contributed by atoms with Gasteiger partial charge in [0.05, 0.1) is 19.0 Å². The lowest BCUT2D eigenvalue weighted by atomic mass is 9.93. The maximum atomic E-state index is 13.5. The molecule has 0 aliphatic carbocycles. The van der Waals surface area contributed by atoms with E-state index >= 15 is 0 Å². The normalized spacial score (nSPS) is 12.5. The third kappa shape index (κ3) is 6.25. The zero-order chi connectivity index (χ0) is 33.9. The van der Waals surface area contributed by atoms with Gasteiger partial charge in [0.1, 0.15) is 5.75 Å². The van der Waals surface area contributed by atoms with Gasteiger partial charge < -0.3 is 15.4 Å². The second-order valence-electron chi connectivity index (χ2n) is 12.0. The number of unbranched alkanes of at least 4 members (excludes halogenated alkanes) is 3. The van der Waals surface area contributed by atoms with Gasteiger partial charge in [0.2, 0.25) is 5.91 Å². The molecule has 48 heavy (non-hydrogen) atoms. The number of benzene rings is 4. The van der Waals surface area contributed by atoms with Crippen LogP contribution in [-0.2, 0) is 11.2 Å². The predicted octanol–water partition coefficient (Wildman–Crippen LogP) is 7.01. The largest absolute Gasteiger partial charge is 0.497 e. The molecule has 6 rings (SSSR count). The van der Waals surface area contributed by atoms with Gasteiger partial charge in [-0.05, 0) is 86.0 Å². The van der Waals surface area contributed by atoms with Crippen molar-refractivity contribution >= 4 is 62.6 Å². The molecule has 0 saturated carbocycles. The van der Waals surface area contributed by atoms with E-state index in [1.807, 2.05) is 43.3 Å². The van der Waals surface area contributed by atoms with Crippen molar-refractivity contribution < 1.29 is 23.9 Å². The summed E-state index contributed by atoms with van der Waals surface area (Å²) in [6, 6.07) is 21.5. The number of ether oxygens (including phenoxy) is 1. The predicted molar refractivity (Wildman–Crippen MR) is 188 cm³/mol. The second kappa shape index (κ2) is 13.9. The van der Waals surface area contributed by atoms with Gasteiger partial charge in [-0.15, -0.1) is 0 Å². The summed E-state index contributed by atoms with van der Waals surface area (Å²) in [5, 5.41) is 9.45. The lowest BCUT2D eigenvalue weighted by Gasteiger charge is -2.24. The summed E-state index contributed by atoms with van der Waals surface area (Å²) in [6.07, 6.45) is 3.84. The monoisotopic (exact) mass is 664 g/mol. The highest BCUT2D eigenvalue weighted by Gasteiger charge is 2.30. The van der Waals surface area contributed by atoms with E-state index in [2.05, 4.69) is 10.6 Å². The molecule has 0 radical (unpaired) electrons. The van der Waals surface area contributed by atoms with E-state index in [0.717, 1.165) is 59.2 Å². The van der Waals surface area contributed by atoms with Crippen LogP contribution in [0.15, 0.2) is 72.8 Å². The number of carbonyl (C=O) groups is 4. The molecule has 1 aliphatic heterocycles. The molecular weight excluding hydrogens is 628 g/mol. The number of nitrogens with one attached hydrogen (secondary N) is 2. The molecular formula is C38H37ClN4O5. The number of imide groups is 1. The molecule has 2 N–H and O–H groups in total. The topological polar surface area (TPSA) is 110 Å². The van der Waals surface area contributed by atoms with E-state index in [9.17, 15) is 19.2 Å². The van der Waals surface area contributed by atoms with Crippen molar-refractivity contribution in [2.24, 2.45) is 0 Å². The quantitative estimate of drug-likeness (QED) is 0.110. The highest BCUT2D eigenvalue weighted by atomic mass is 35.5. The lowest BCUT2D eigenvalue weighted by molar-refractivity contribution is -0.120. The minimum absolute atomic E-state index is 0.105. The number of nitrogens with zero attached hydrogens (tertiary/aromatic N) is 2. The molecule has 10 heteroatoms. The van der Waals surface area contributed by atoms with Crippen molar-refractivity contribution in [3.63, 3.8) is 0 Å². The van der Waals surface area contributed by atoms with Gasteiger partial charge in [-0.25, -0.2) is 0 Å². The minimum Gasteiger partial charge on any atom is -0.497 e. The number of rotatable bonds is 12. The fourth-order valence-corrected chi connectivity index (χ4v) is 6.57. The van der Waals surface area contributed by atoms with E-state index in [1.165, 1.54) is 7.05 Å². The molecule has 0 atom stereocenters. The first-order valence-corrected chi connectivity index (χ1v) is 16.4. The highest BCUT2D eigenvalue weighted by molar-refractivity contribution is 6.30. The molecule has 1 aliphatic rings. The minimum atomic E-state index is -0.284. The molecule has 0 saturated heterocycles. The van der Waals surface area contributed by atoms with Crippen molar-refractivity contribution in [3.8, 4) is 5.75 Å². The van der Waals surface area contributed by atoms with Crippen molar-refractivity contribution in [2.75, 3.05) is 32.6 Å². The van der Waals surface area contributed by atoms with E-state index in [-0.39, 0.29) is 30.0 Å². The van der Waals surface area contributed by atoms with Crippen LogP contribution in [0, 0.1) is 6.92 Å². The average molecular weight is 665 g/mol. The fraction of sp³-hybridized carbons (Fsp3) is 0.263. The highest BCUT2D eigenvalue weighted by Crippen LogP contribution is 2.34. The van der Waals surface area contributed by atoms with Gasteiger partial charge >= 0.3 is 0 Å². The molecule has 0 bridgehead atoms. The van der Waals surface area contributed by atoms with Crippen LogP contribution in [0.4, 0.5) is 5.69 Å². The summed E-state index contributed by atoms with van der Waals surface area (Å²) < 4.78 is 7.09. The first-order valence-electron chi connectivity index (χ1n) is 16.1. The van der Waals surface area contributed by atoms with Gasteiger partial charge in [0.15, 0.2) is 0 Å². The first kappa shape index (κ1) is 32.8. The Morgan fingerprint density at radius 3 is 2.27 bits per heavy atom. The van der Waals surface area contributed by atoms with Gasteiger partial charge in [-0.1, -0.05) is 36.6 Å². The van der Waals surface area contributed by atoms with Crippen molar-refractivity contribution in [1.29, 1.82) is 0 Å². The van der Waals surface area contributed by atoms with Crippen LogP contribution < -0.4 is 15.4 Å². The van der Waals surface area contributed by atoms with Gasteiger partial charge in [-0.3, -0.25) is 28.6 Å². The number of anilines is 1. The summed E-state index contributed by atoms with van der Waals surface area (Å²) in [6.45, 7) is 3.16. The SMILES string of the molecule is COc1ccc2c(c1)c(CC(=O)NCCCCCCNc1ccc3c4c(cccc14)C(=O)N(C)C3=O)c(C)n2C(=O)c1ccc(Cl)cc1. The average Bonchev–Trinajstić information content (AvgIpc) is 3.36. The van der Waals surface area contributed by atoms with E-state index in [1.54, 1.807) is 48.1 Å². The van der Waals surface area contributed by atoms with Crippen molar-refractivity contribution in [3.05, 3.63) is 106 Å². The van der Waals surface area contributed by atoms with Crippen LogP contribution in [0.2, 0.25) is 5.02 Å². The Morgan fingerprint density at radius 1 is 0.833 bits per heavy atom. The summed E-state index contributed by atoms with van der Waals surface area (Å²) >= 11 is 6.04. The zero-order valence-electron chi connectivity index (χ0n) is 27.2. The number of methoxy groups -OCH3 is 1. The van der Waals surface area contributed by atoms with E-state index in [0.29, 0.717) is 50.6 Å². The molecule has 1 aromatic heterocycles. The Morgan fingerprint density at radius 2 is 1.54 bits per heavy atom. The van der Waals surface area contributed by atoms with Crippen LogP contribution >= 0.6 is 11.6 Å². The second-order valence-corrected chi connectivity index (χ2v) is 12.5. The Kier molecular flexibility index (Phi) is 9.50. The maximum Gasteiger partial charge on any atom is 0.262 e. The molecule has 3 amide bonds. The molecule has 2 heterocycles. The maximum absolute atomic E-state index is 13.5. The van der Waals surface area contributed by atoms with Gasteiger partial charge in [0, 0.05) is 69.4 Å². The van der Waals surface area contributed by atoms with E-state index < -0.39 is 0 Å².